The smallest absolute Gasteiger partial charge is 0.136 e. The van der Waals surface area contributed by atoms with Gasteiger partial charge in [0.05, 0.1) is 39.1 Å². The molecular weight excluding hydrogens is 691 g/mol. The first-order chi connectivity index (χ1) is 27.3. The number of rotatable bonds is 3. The van der Waals surface area contributed by atoms with Crippen LogP contribution in [0.4, 0.5) is 0 Å². The molecule has 4 nitrogen and oxygen atoms in total. The summed E-state index contributed by atoms with van der Waals surface area (Å²) in [6.45, 7) is 0. The van der Waals surface area contributed by atoms with Crippen molar-refractivity contribution in [3.63, 3.8) is 0 Å². The summed E-state index contributed by atoms with van der Waals surface area (Å²) < 4.78 is 11.4. The molecule has 4 heterocycles. The van der Waals surface area contributed by atoms with Gasteiger partial charge in [-0.1, -0.05) is 109 Å². The summed E-state index contributed by atoms with van der Waals surface area (Å²) in [5, 5.41) is 12.2. The van der Waals surface area contributed by atoms with Crippen molar-refractivity contribution < 1.29 is 4.42 Å². The van der Waals surface area contributed by atoms with E-state index < -0.39 is 0 Å². The first-order valence-corrected chi connectivity index (χ1v) is 19.4. The van der Waals surface area contributed by atoms with Crippen molar-refractivity contribution in [3.8, 4) is 28.2 Å². The highest BCUT2D eigenvalue weighted by Gasteiger charge is 2.24. The highest BCUT2D eigenvalue weighted by molar-refractivity contribution is 7.24. The van der Waals surface area contributed by atoms with E-state index in [0.717, 1.165) is 71.9 Å². The molecule has 0 aliphatic carbocycles. The van der Waals surface area contributed by atoms with Gasteiger partial charge in [0.15, 0.2) is 0 Å². The maximum Gasteiger partial charge on any atom is 0.136 e. The average Bonchev–Trinajstić information content (AvgIpc) is 3.74. The number of furan rings is 1. The highest BCUT2D eigenvalue weighted by Crippen LogP contribution is 2.48. The van der Waals surface area contributed by atoms with Crippen molar-refractivity contribution in [2.75, 3.05) is 0 Å². The summed E-state index contributed by atoms with van der Waals surface area (Å²) in [6.07, 6.45) is 0. The summed E-state index contributed by atoms with van der Waals surface area (Å²) in [5.74, 6) is 0. The van der Waals surface area contributed by atoms with E-state index in [2.05, 4.69) is 132 Å². The summed E-state index contributed by atoms with van der Waals surface area (Å²) in [5.41, 5.74) is 10.7. The minimum absolute atomic E-state index is 0.836. The second kappa shape index (κ2) is 10.8. The maximum absolute atomic E-state index is 6.36. The first kappa shape index (κ1) is 29.4. The van der Waals surface area contributed by atoms with Gasteiger partial charge in [-0.2, -0.15) is 0 Å². The van der Waals surface area contributed by atoms with Crippen LogP contribution in [0.25, 0.3) is 125 Å². The van der Waals surface area contributed by atoms with E-state index in [4.69, 9.17) is 14.4 Å². The normalized spacial score (nSPS) is 12.4. The standard InChI is InChI=1S/C50H27N3OS/c1-4-20-40-33(12-1)46-34(16-9-21-41(46)54-40)50-49(51-35-17-2-3-18-36(35)52-50)32-15-7-14-31-30(32)13-8-19-37(31)53-38-26-24-28-10-5-22-42-44(28)47(38)48-39(53)27-25-29-11-6-23-43(55-42)45(29)48/h1-27H. The van der Waals surface area contributed by atoms with Crippen LogP contribution in [-0.2, 0) is 0 Å². The molecule has 55 heavy (non-hydrogen) atoms. The SMILES string of the molecule is c1ccc2nc(-c3cccc4oc5ccccc5c34)c(-c3cccc4c(-n5c6ccc7cccc8sc9cccc%10ccc5c(c%109)c6c78)cccc34)nc2c1. The molecule has 0 saturated heterocycles. The van der Waals surface area contributed by atoms with Gasteiger partial charge in [0, 0.05) is 58.2 Å². The molecule has 4 aromatic heterocycles. The third-order valence-corrected chi connectivity index (χ3v) is 12.7. The fraction of sp³-hybridized carbons (Fsp3) is 0. The van der Waals surface area contributed by atoms with Crippen LogP contribution in [-0.4, -0.2) is 14.5 Å². The molecule has 0 aliphatic rings. The Labute approximate surface area is 317 Å². The van der Waals surface area contributed by atoms with Crippen molar-refractivity contribution in [2.45, 2.75) is 0 Å². The fourth-order valence-corrected chi connectivity index (χ4v) is 10.4. The van der Waals surface area contributed by atoms with Crippen LogP contribution < -0.4 is 0 Å². The zero-order valence-electron chi connectivity index (χ0n) is 29.2. The Kier molecular flexibility index (Phi) is 5.74. The number of aromatic nitrogens is 3. The Hall–Kier alpha value is -7.08. The molecule has 0 atom stereocenters. The van der Waals surface area contributed by atoms with Crippen molar-refractivity contribution in [3.05, 3.63) is 164 Å². The van der Waals surface area contributed by atoms with Gasteiger partial charge in [-0.05, 0) is 70.8 Å². The molecule has 13 rings (SSSR count). The van der Waals surface area contributed by atoms with E-state index in [1.165, 1.54) is 52.8 Å². The van der Waals surface area contributed by atoms with Crippen molar-refractivity contribution in [1.29, 1.82) is 0 Å². The quantitative estimate of drug-likeness (QED) is 0.183. The zero-order valence-corrected chi connectivity index (χ0v) is 30.1. The Morgan fingerprint density at radius 3 is 1.71 bits per heavy atom. The third kappa shape index (κ3) is 3.94. The van der Waals surface area contributed by atoms with Crippen LogP contribution in [0.1, 0.15) is 0 Å². The van der Waals surface area contributed by atoms with E-state index in [-0.39, 0.29) is 0 Å². The number of hydrogen-bond donors (Lipinski definition) is 0. The molecular formula is C50H27N3OS. The van der Waals surface area contributed by atoms with E-state index in [1.54, 1.807) is 0 Å². The van der Waals surface area contributed by atoms with Crippen molar-refractivity contribution in [1.82, 2.24) is 14.5 Å². The molecule has 254 valence electrons. The van der Waals surface area contributed by atoms with Crippen LogP contribution in [0, 0.1) is 0 Å². The molecule has 0 saturated carbocycles. The molecule has 0 aliphatic heterocycles. The van der Waals surface area contributed by atoms with E-state index in [1.807, 2.05) is 47.7 Å². The van der Waals surface area contributed by atoms with Crippen molar-refractivity contribution >= 4 is 108 Å². The van der Waals surface area contributed by atoms with Crippen LogP contribution >= 0.6 is 11.3 Å². The van der Waals surface area contributed by atoms with Gasteiger partial charge in [-0.3, -0.25) is 0 Å². The molecule has 9 aromatic carbocycles. The number of hydrogen-bond acceptors (Lipinski definition) is 4. The lowest BCUT2D eigenvalue weighted by Crippen LogP contribution is -1.98. The van der Waals surface area contributed by atoms with Gasteiger partial charge in [-0.25, -0.2) is 9.97 Å². The summed E-state index contributed by atoms with van der Waals surface area (Å²) in [6, 6.07) is 58.6. The topological polar surface area (TPSA) is 43.9 Å². The first-order valence-electron chi connectivity index (χ1n) is 18.6. The largest absolute Gasteiger partial charge is 0.456 e. The van der Waals surface area contributed by atoms with Crippen LogP contribution in [0.5, 0.6) is 0 Å². The predicted octanol–water partition coefficient (Wildman–Crippen LogP) is 14.1. The summed E-state index contributed by atoms with van der Waals surface area (Å²) in [4.78, 5) is 10.8. The fourth-order valence-electron chi connectivity index (χ4n) is 9.27. The average molecular weight is 718 g/mol. The molecule has 0 radical (unpaired) electrons. The zero-order chi connectivity index (χ0) is 35.8. The minimum Gasteiger partial charge on any atom is -0.456 e. The van der Waals surface area contributed by atoms with Crippen LogP contribution in [0.2, 0.25) is 0 Å². The Balaban J connectivity index is 1.14. The highest BCUT2D eigenvalue weighted by atomic mass is 32.1. The van der Waals surface area contributed by atoms with E-state index in [0.29, 0.717) is 0 Å². The van der Waals surface area contributed by atoms with Crippen LogP contribution in [0.15, 0.2) is 168 Å². The minimum atomic E-state index is 0.836. The molecule has 13 aromatic rings. The lowest BCUT2D eigenvalue weighted by molar-refractivity contribution is 0.669. The van der Waals surface area contributed by atoms with Crippen LogP contribution in [0.3, 0.4) is 0 Å². The van der Waals surface area contributed by atoms with Gasteiger partial charge in [0.2, 0.25) is 0 Å². The van der Waals surface area contributed by atoms with Crippen molar-refractivity contribution in [2.24, 2.45) is 0 Å². The van der Waals surface area contributed by atoms with Gasteiger partial charge >= 0.3 is 0 Å². The monoisotopic (exact) mass is 717 g/mol. The second-order valence-corrected chi connectivity index (χ2v) is 15.5. The molecule has 5 heteroatoms. The predicted molar refractivity (Wildman–Crippen MR) is 231 cm³/mol. The summed E-state index contributed by atoms with van der Waals surface area (Å²) in [7, 11) is 0. The Morgan fingerprint density at radius 1 is 0.400 bits per heavy atom. The Morgan fingerprint density at radius 2 is 0.964 bits per heavy atom. The van der Waals surface area contributed by atoms with E-state index in [9.17, 15) is 0 Å². The third-order valence-electron chi connectivity index (χ3n) is 11.5. The number of nitrogens with zero attached hydrogens (tertiary/aromatic N) is 3. The number of benzene rings is 9. The molecule has 0 N–H and O–H groups in total. The molecule has 0 amide bonds. The van der Waals surface area contributed by atoms with Gasteiger partial charge in [-0.15, -0.1) is 11.3 Å². The Bertz CT molecular complexity index is 3630. The summed E-state index contributed by atoms with van der Waals surface area (Å²) >= 11 is 1.89. The molecule has 0 unspecified atom stereocenters. The number of para-hydroxylation sites is 3. The maximum atomic E-state index is 6.36. The molecule has 0 spiro atoms. The van der Waals surface area contributed by atoms with Gasteiger partial charge in [0.25, 0.3) is 0 Å². The lowest BCUT2D eigenvalue weighted by Gasteiger charge is -2.16. The van der Waals surface area contributed by atoms with E-state index >= 15 is 0 Å². The van der Waals surface area contributed by atoms with Gasteiger partial charge < -0.3 is 8.98 Å². The molecule has 0 fully saturated rings. The number of fused-ring (bicyclic) bond motifs is 5. The van der Waals surface area contributed by atoms with Gasteiger partial charge in [0.1, 0.15) is 11.2 Å². The second-order valence-electron chi connectivity index (χ2n) is 14.4. The lowest BCUT2D eigenvalue weighted by atomic mass is 9.95. The molecule has 0 bridgehead atoms.